The van der Waals surface area contributed by atoms with Crippen LogP contribution in [-0.4, -0.2) is 14.7 Å². The van der Waals surface area contributed by atoms with Gasteiger partial charge in [-0.1, -0.05) is 18.2 Å². The predicted molar refractivity (Wildman–Crippen MR) is 72.8 cm³/mol. The van der Waals surface area contributed by atoms with Gasteiger partial charge in [0, 0.05) is 30.1 Å². The van der Waals surface area contributed by atoms with Crippen LogP contribution in [-0.2, 0) is 7.05 Å². The van der Waals surface area contributed by atoms with E-state index in [1.807, 2.05) is 36.0 Å². The number of non-ortho nitro benzene ring substituents is 1. The molecule has 3 rings (SSSR count). The van der Waals surface area contributed by atoms with Crippen molar-refractivity contribution in [2.75, 3.05) is 0 Å². The molecule has 0 aliphatic rings. The number of rotatable bonds is 2. The van der Waals surface area contributed by atoms with Gasteiger partial charge in [0.15, 0.2) is 0 Å². The van der Waals surface area contributed by atoms with Crippen molar-refractivity contribution in [3.8, 4) is 11.3 Å². The molecule has 0 radical (unpaired) electrons. The number of fused-ring (bicyclic) bond motifs is 1. The van der Waals surface area contributed by atoms with Crippen molar-refractivity contribution < 1.29 is 4.92 Å². The Bertz CT molecular complexity index is 760. The van der Waals surface area contributed by atoms with E-state index in [4.69, 9.17) is 0 Å². The zero-order valence-corrected chi connectivity index (χ0v) is 10.3. The van der Waals surface area contributed by atoms with E-state index >= 15 is 0 Å². The Morgan fingerprint density at radius 3 is 2.47 bits per heavy atom. The van der Waals surface area contributed by atoms with Crippen LogP contribution in [0, 0.1) is 10.1 Å². The summed E-state index contributed by atoms with van der Waals surface area (Å²) in [6.07, 6.45) is 0. The lowest BCUT2D eigenvalue weighted by Crippen LogP contribution is -1.90. The lowest BCUT2D eigenvalue weighted by Gasteiger charge is -1.97. The first-order valence-electron chi connectivity index (χ1n) is 5.83. The SMILES string of the molecule is Cn1nc(-c2ccc([N+](=O)[O-])cc2)c2ccccc21. The van der Waals surface area contributed by atoms with E-state index in [0.717, 1.165) is 22.2 Å². The Kier molecular flexibility index (Phi) is 2.52. The predicted octanol–water partition coefficient (Wildman–Crippen LogP) is 3.15. The highest BCUT2D eigenvalue weighted by Crippen LogP contribution is 2.28. The number of aryl methyl sites for hydroxylation is 1. The van der Waals surface area contributed by atoms with E-state index in [9.17, 15) is 10.1 Å². The van der Waals surface area contributed by atoms with Gasteiger partial charge < -0.3 is 0 Å². The van der Waals surface area contributed by atoms with Crippen LogP contribution >= 0.6 is 0 Å². The van der Waals surface area contributed by atoms with E-state index in [2.05, 4.69) is 5.10 Å². The summed E-state index contributed by atoms with van der Waals surface area (Å²) in [6, 6.07) is 14.4. The molecule has 0 saturated carbocycles. The molecule has 3 aromatic rings. The molecule has 94 valence electrons. The standard InChI is InChI=1S/C14H11N3O2/c1-16-13-5-3-2-4-12(13)14(15-16)10-6-8-11(9-7-10)17(18)19/h2-9H,1H3. The lowest BCUT2D eigenvalue weighted by molar-refractivity contribution is -0.384. The van der Waals surface area contributed by atoms with Gasteiger partial charge in [0.05, 0.1) is 10.4 Å². The van der Waals surface area contributed by atoms with Gasteiger partial charge in [0.2, 0.25) is 0 Å². The summed E-state index contributed by atoms with van der Waals surface area (Å²) in [4.78, 5) is 10.2. The van der Waals surface area contributed by atoms with Crippen LogP contribution < -0.4 is 0 Å². The molecule has 0 unspecified atom stereocenters. The summed E-state index contributed by atoms with van der Waals surface area (Å²) in [5, 5.41) is 16.2. The number of hydrogen-bond acceptors (Lipinski definition) is 3. The maximum atomic E-state index is 10.7. The van der Waals surface area contributed by atoms with Gasteiger partial charge in [-0.15, -0.1) is 0 Å². The van der Waals surface area contributed by atoms with Crippen molar-refractivity contribution >= 4 is 16.6 Å². The zero-order valence-electron chi connectivity index (χ0n) is 10.3. The monoisotopic (exact) mass is 253 g/mol. The van der Waals surface area contributed by atoms with Gasteiger partial charge >= 0.3 is 0 Å². The fraction of sp³-hybridized carbons (Fsp3) is 0.0714. The summed E-state index contributed by atoms with van der Waals surface area (Å²) in [6.45, 7) is 0. The highest BCUT2D eigenvalue weighted by Gasteiger charge is 2.11. The third-order valence-electron chi connectivity index (χ3n) is 3.11. The van der Waals surface area contributed by atoms with Crippen molar-refractivity contribution in [1.82, 2.24) is 9.78 Å². The molecule has 0 aliphatic carbocycles. The van der Waals surface area contributed by atoms with Crippen molar-refractivity contribution in [3.63, 3.8) is 0 Å². The van der Waals surface area contributed by atoms with Gasteiger partial charge in [0.25, 0.3) is 5.69 Å². The van der Waals surface area contributed by atoms with Crippen LogP contribution in [0.3, 0.4) is 0 Å². The molecule has 1 aromatic heterocycles. The van der Waals surface area contributed by atoms with Gasteiger partial charge in [-0.25, -0.2) is 0 Å². The van der Waals surface area contributed by atoms with Crippen LogP contribution in [0.4, 0.5) is 5.69 Å². The van der Waals surface area contributed by atoms with E-state index in [0.29, 0.717) is 0 Å². The van der Waals surface area contributed by atoms with E-state index in [-0.39, 0.29) is 5.69 Å². The minimum atomic E-state index is -0.402. The number of nitro groups is 1. The summed E-state index contributed by atoms with van der Waals surface area (Å²) in [7, 11) is 1.89. The molecule has 5 nitrogen and oxygen atoms in total. The van der Waals surface area contributed by atoms with Gasteiger partial charge in [-0.05, 0) is 18.2 Å². The van der Waals surface area contributed by atoms with Crippen LogP contribution in [0.2, 0.25) is 0 Å². The Hall–Kier alpha value is -2.69. The molecule has 0 atom stereocenters. The normalized spacial score (nSPS) is 10.8. The Labute approximate surface area is 109 Å². The zero-order chi connectivity index (χ0) is 13.4. The second-order valence-corrected chi connectivity index (χ2v) is 4.29. The summed E-state index contributed by atoms with van der Waals surface area (Å²) < 4.78 is 1.81. The maximum absolute atomic E-state index is 10.7. The number of nitrogens with zero attached hydrogens (tertiary/aromatic N) is 3. The molecule has 1 heterocycles. The molecule has 5 heteroatoms. The number of benzene rings is 2. The van der Waals surface area contributed by atoms with Gasteiger partial charge in [-0.3, -0.25) is 14.8 Å². The molecular weight excluding hydrogens is 242 g/mol. The summed E-state index contributed by atoms with van der Waals surface area (Å²) >= 11 is 0. The second kappa shape index (κ2) is 4.20. The molecule has 19 heavy (non-hydrogen) atoms. The Morgan fingerprint density at radius 2 is 1.79 bits per heavy atom. The van der Waals surface area contributed by atoms with Gasteiger partial charge in [-0.2, -0.15) is 5.10 Å². The molecule has 0 aliphatic heterocycles. The number of hydrogen-bond donors (Lipinski definition) is 0. The van der Waals surface area contributed by atoms with Crippen LogP contribution in [0.1, 0.15) is 0 Å². The molecule has 0 N–H and O–H groups in total. The second-order valence-electron chi connectivity index (χ2n) is 4.29. The molecule has 0 spiro atoms. The smallest absolute Gasteiger partial charge is 0.267 e. The number of aromatic nitrogens is 2. The van der Waals surface area contributed by atoms with Crippen molar-refractivity contribution in [1.29, 1.82) is 0 Å². The highest BCUT2D eigenvalue weighted by atomic mass is 16.6. The molecule has 0 amide bonds. The average Bonchev–Trinajstić information content (AvgIpc) is 2.77. The Morgan fingerprint density at radius 1 is 1.11 bits per heavy atom. The fourth-order valence-electron chi connectivity index (χ4n) is 2.17. The van der Waals surface area contributed by atoms with E-state index < -0.39 is 4.92 Å². The van der Waals surface area contributed by atoms with E-state index in [1.54, 1.807) is 12.1 Å². The van der Waals surface area contributed by atoms with Gasteiger partial charge in [0.1, 0.15) is 5.69 Å². The third-order valence-corrected chi connectivity index (χ3v) is 3.11. The van der Waals surface area contributed by atoms with E-state index in [1.165, 1.54) is 12.1 Å². The summed E-state index contributed by atoms with van der Waals surface area (Å²) in [5.41, 5.74) is 2.84. The lowest BCUT2D eigenvalue weighted by atomic mass is 10.1. The van der Waals surface area contributed by atoms with Crippen molar-refractivity contribution in [3.05, 3.63) is 58.6 Å². The van der Waals surface area contributed by atoms with Crippen LogP contribution in [0.5, 0.6) is 0 Å². The highest BCUT2D eigenvalue weighted by molar-refractivity contribution is 5.93. The van der Waals surface area contributed by atoms with Crippen LogP contribution in [0.25, 0.3) is 22.2 Å². The van der Waals surface area contributed by atoms with Crippen molar-refractivity contribution in [2.45, 2.75) is 0 Å². The number of nitro benzene ring substituents is 1. The minimum absolute atomic E-state index is 0.0870. The first-order chi connectivity index (χ1) is 9.16. The largest absolute Gasteiger partial charge is 0.269 e. The molecule has 0 fully saturated rings. The molecule has 0 saturated heterocycles. The minimum Gasteiger partial charge on any atom is -0.267 e. The van der Waals surface area contributed by atoms with Crippen LogP contribution in [0.15, 0.2) is 48.5 Å². The van der Waals surface area contributed by atoms with Crippen molar-refractivity contribution in [2.24, 2.45) is 7.05 Å². The topological polar surface area (TPSA) is 61.0 Å². The molecular formula is C14H11N3O2. The summed E-state index contributed by atoms with van der Waals surface area (Å²) in [5.74, 6) is 0. The first kappa shape index (κ1) is 11.4. The quantitative estimate of drug-likeness (QED) is 0.520. The Balaban J connectivity index is 2.16. The average molecular weight is 253 g/mol. The third kappa shape index (κ3) is 1.85. The molecule has 0 bridgehead atoms. The maximum Gasteiger partial charge on any atom is 0.269 e. The first-order valence-corrected chi connectivity index (χ1v) is 5.83. The molecule has 2 aromatic carbocycles. The number of para-hydroxylation sites is 1. The fourth-order valence-corrected chi connectivity index (χ4v) is 2.17.